The summed E-state index contributed by atoms with van der Waals surface area (Å²) in [6.07, 6.45) is 2.55. The van der Waals surface area contributed by atoms with Crippen LogP contribution >= 0.6 is 0 Å². The lowest BCUT2D eigenvalue weighted by Crippen LogP contribution is -2.19. The van der Waals surface area contributed by atoms with E-state index in [0.717, 1.165) is 36.8 Å². The summed E-state index contributed by atoms with van der Waals surface area (Å²) in [7, 11) is 1.67. The zero-order valence-electron chi connectivity index (χ0n) is 15.1. The van der Waals surface area contributed by atoms with E-state index in [0.29, 0.717) is 5.95 Å². The molecule has 1 heterocycles. The summed E-state index contributed by atoms with van der Waals surface area (Å²) in [5, 5.41) is 11.4. The number of benzene rings is 2. The number of anilines is 3. The molecule has 0 aliphatic carbocycles. The van der Waals surface area contributed by atoms with E-state index in [2.05, 4.69) is 56.6 Å². The summed E-state index contributed by atoms with van der Waals surface area (Å²) >= 11 is 0. The van der Waals surface area contributed by atoms with Crippen molar-refractivity contribution in [3.05, 3.63) is 66.4 Å². The molecule has 3 rings (SSSR count). The lowest BCUT2D eigenvalue weighted by Gasteiger charge is -2.21. The Kier molecular flexibility index (Phi) is 5.98. The van der Waals surface area contributed by atoms with Gasteiger partial charge in [-0.1, -0.05) is 30.3 Å². The smallest absolute Gasteiger partial charge is 0.244 e. The minimum atomic E-state index is 0.533. The van der Waals surface area contributed by atoms with Gasteiger partial charge in [-0.25, -0.2) is 0 Å². The molecule has 0 unspecified atom stereocenters. The van der Waals surface area contributed by atoms with Crippen molar-refractivity contribution in [3.63, 3.8) is 0 Å². The summed E-state index contributed by atoms with van der Waals surface area (Å²) in [6.45, 7) is 3.62. The number of ether oxygens (including phenoxy) is 1. The molecular formula is C20H23N5O. The number of para-hydroxylation sites is 1. The van der Waals surface area contributed by atoms with Gasteiger partial charge in [0, 0.05) is 18.8 Å². The third-order valence-corrected chi connectivity index (χ3v) is 4.06. The van der Waals surface area contributed by atoms with Gasteiger partial charge >= 0.3 is 0 Å². The van der Waals surface area contributed by atoms with Crippen molar-refractivity contribution in [1.29, 1.82) is 0 Å². The Morgan fingerprint density at radius 1 is 1.04 bits per heavy atom. The van der Waals surface area contributed by atoms with E-state index >= 15 is 0 Å². The van der Waals surface area contributed by atoms with E-state index < -0.39 is 0 Å². The van der Waals surface area contributed by atoms with Crippen LogP contribution in [-0.2, 0) is 6.42 Å². The predicted molar refractivity (Wildman–Crippen MR) is 104 cm³/mol. The van der Waals surface area contributed by atoms with Crippen molar-refractivity contribution in [1.82, 2.24) is 15.2 Å². The second-order valence-corrected chi connectivity index (χ2v) is 5.74. The Morgan fingerprint density at radius 2 is 1.81 bits per heavy atom. The molecule has 0 atom stereocenters. The Balaban J connectivity index is 1.63. The molecule has 0 aliphatic rings. The maximum Gasteiger partial charge on any atom is 0.244 e. The molecule has 134 valence electrons. The van der Waals surface area contributed by atoms with Crippen LogP contribution in [0.1, 0.15) is 12.5 Å². The fourth-order valence-electron chi connectivity index (χ4n) is 2.70. The Morgan fingerprint density at radius 3 is 2.50 bits per heavy atom. The number of aromatic nitrogens is 3. The van der Waals surface area contributed by atoms with Gasteiger partial charge in [-0.05, 0) is 43.2 Å². The van der Waals surface area contributed by atoms with Crippen molar-refractivity contribution in [2.24, 2.45) is 0 Å². The summed E-state index contributed by atoms with van der Waals surface area (Å²) in [5.74, 6) is 2.17. The first-order valence-corrected chi connectivity index (χ1v) is 8.69. The molecule has 0 fully saturated rings. The molecule has 3 aromatic rings. The molecule has 26 heavy (non-hydrogen) atoms. The van der Waals surface area contributed by atoms with E-state index in [1.807, 2.05) is 30.3 Å². The molecule has 0 bridgehead atoms. The lowest BCUT2D eigenvalue weighted by atomic mass is 10.1. The molecule has 2 aromatic carbocycles. The Hall–Kier alpha value is -3.15. The molecule has 0 saturated heterocycles. The summed E-state index contributed by atoms with van der Waals surface area (Å²) in [4.78, 5) is 6.70. The third-order valence-electron chi connectivity index (χ3n) is 4.06. The zero-order valence-corrected chi connectivity index (χ0v) is 15.1. The van der Waals surface area contributed by atoms with Crippen molar-refractivity contribution < 1.29 is 4.74 Å². The Labute approximate surface area is 153 Å². The minimum Gasteiger partial charge on any atom is -0.497 e. The van der Waals surface area contributed by atoms with Crippen LogP contribution in [0.4, 0.5) is 17.5 Å². The Bertz CT molecular complexity index is 808. The number of nitrogens with one attached hydrogen (secondary N) is 1. The summed E-state index contributed by atoms with van der Waals surface area (Å²) in [5.41, 5.74) is 2.31. The molecule has 6 heteroatoms. The molecule has 0 radical (unpaired) electrons. The molecule has 6 nitrogen and oxygen atoms in total. The first-order valence-electron chi connectivity index (χ1n) is 8.69. The number of hydrogen-bond acceptors (Lipinski definition) is 6. The van der Waals surface area contributed by atoms with Crippen molar-refractivity contribution in [3.8, 4) is 5.75 Å². The second kappa shape index (κ2) is 8.80. The number of methoxy groups -OCH3 is 1. The number of hydrogen-bond donors (Lipinski definition) is 1. The highest BCUT2D eigenvalue weighted by molar-refractivity contribution is 5.59. The fourth-order valence-corrected chi connectivity index (χ4v) is 2.70. The lowest BCUT2D eigenvalue weighted by molar-refractivity contribution is 0.414. The first-order chi connectivity index (χ1) is 12.8. The average Bonchev–Trinajstić information content (AvgIpc) is 2.70. The topological polar surface area (TPSA) is 63.2 Å². The molecule has 0 spiro atoms. The summed E-state index contributed by atoms with van der Waals surface area (Å²) < 4.78 is 5.18. The fraction of sp³-hybridized carbons (Fsp3) is 0.250. The van der Waals surface area contributed by atoms with Crippen LogP contribution in [0, 0.1) is 0 Å². The van der Waals surface area contributed by atoms with Crippen LogP contribution in [0.3, 0.4) is 0 Å². The average molecular weight is 349 g/mol. The maximum atomic E-state index is 5.18. The van der Waals surface area contributed by atoms with Crippen LogP contribution in [0.15, 0.2) is 60.8 Å². The molecule has 0 amide bonds. The van der Waals surface area contributed by atoms with Crippen LogP contribution in [0.25, 0.3) is 0 Å². The van der Waals surface area contributed by atoms with Gasteiger partial charge in [-0.2, -0.15) is 10.1 Å². The van der Waals surface area contributed by atoms with Crippen LogP contribution in [-0.4, -0.2) is 35.4 Å². The van der Waals surface area contributed by atoms with E-state index in [4.69, 9.17) is 4.74 Å². The third kappa shape index (κ3) is 4.47. The first kappa shape index (κ1) is 17.7. The van der Waals surface area contributed by atoms with E-state index in [9.17, 15) is 0 Å². The molecule has 0 aliphatic heterocycles. The monoisotopic (exact) mass is 349 g/mol. The second-order valence-electron chi connectivity index (χ2n) is 5.74. The van der Waals surface area contributed by atoms with Gasteiger partial charge in [0.05, 0.1) is 13.3 Å². The molecule has 0 saturated carbocycles. The highest BCUT2D eigenvalue weighted by Gasteiger charge is 2.10. The maximum absolute atomic E-state index is 5.18. The van der Waals surface area contributed by atoms with E-state index in [1.165, 1.54) is 5.56 Å². The summed E-state index contributed by atoms with van der Waals surface area (Å²) in [6, 6.07) is 18.2. The van der Waals surface area contributed by atoms with E-state index in [-0.39, 0.29) is 0 Å². The highest BCUT2D eigenvalue weighted by atomic mass is 16.5. The molecule has 1 aromatic heterocycles. The normalized spacial score (nSPS) is 10.4. The predicted octanol–water partition coefficient (Wildman–Crippen LogP) is 3.69. The van der Waals surface area contributed by atoms with Gasteiger partial charge in [0.1, 0.15) is 5.75 Å². The quantitative estimate of drug-likeness (QED) is 0.669. The largest absolute Gasteiger partial charge is 0.497 e. The van der Waals surface area contributed by atoms with Gasteiger partial charge in [0.25, 0.3) is 0 Å². The SMILES string of the molecule is CCN(c1ccccc1)c1cnnc(NCCc2ccc(OC)cc2)n1. The number of rotatable bonds is 8. The molecular weight excluding hydrogens is 326 g/mol. The van der Waals surface area contributed by atoms with Crippen LogP contribution < -0.4 is 15.0 Å². The van der Waals surface area contributed by atoms with Gasteiger partial charge in [0.2, 0.25) is 5.95 Å². The zero-order chi connectivity index (χ0) is 18.2. The van der Waals surface area contributed by atoms with Gasteiger partial charge in [-0.15, -0.1) is 5.10 Å². The minimum absolute atomic E-state index is 0.533. The van der Waals surface area contributed by atoms with Crippen molar-refractivity contribution >= 4 is 17.5 Å². The van der Waals surface area contributed by atoms with Crippen molar-refractivity contribution in [2.45, 2.75) is 13.3 Å². The van der Waals surface area contributed by atoms with Gasteiger partial charge < -0.3 is 15.0 Å². The highest BCUT2D eigenvalue weighted by Crippen LogP contribution is 2.22. The molecule has 1 N–H and O–H groups in total. The van der Waals surface area contributed by atoms with Gasteiger partial charge in [-0.3, -0.25) is 0 Å². The van der Waals surface area contributed by atoms with Gasteiger partial charge in [0.15, 0.2) is 5.82 Å². The standard InChI is InChI=1S/C20H23N5O/c1-3-25(17-7-5-4-6-8-17)19-15-22-24-20(23-19)21-14-13-16-9-11-18(26-2)12-10-16/h4-12,15H,3,13-14H2,1-2H3,(H,21,23,24). The van der Waals surface area contributed by atoms with Crippen LogP contribution in [0.5, 0.6) is 5.75 Å². The van der Waals surface area contributed by atoms with Crippen molar-refractivity contribution in [2.75, 3.05) is 30.4 Å². The number of nitrogens with zero attached hydrogens (tertiary/aromatic N) is 4. The van der Waals surface area contributed by atoms with E-state index in [1.54, 1.807) is 13.3 Å². The van der Waals surface area contributed by atoms with Crippen LogP contribution in [0.2, 0.25) is 0 Å².